The Hall–Kier alpha value is 0.540. The monoisotopic (exact) mass is 266 g/mol. The van der Waals surface area contributed by atoms with Crippen LogP contribution in [0.4, 0.5) is 0 Å². The first-order valence-electron chi connectivity index (χ1n) is 6.48. The molecule has 1 fully saturated rings. The maximum Gasteiger partial charge on any atom is 0.0472 e. The van der Waals surface area contributed by atoms with Gasteiger partial charge in [-0.25, -0.2) is 0 Å². The van der Waals surface area contributed by atoms with E-state index in [1.54, 1.807) is 0 Å². The minimum Gasteiger partial charge on any atom is -0.381 e. The van der Waals surface area contributed by atoms with Crippen LogP contribution < -0.4 is 0 Å². The first-order valence-corrected chi connectivity index (χ1v) is 7.55. The standard InChI is InChI=1S/C13H24Cl2O/c1-2-8-16-9-7-13(10-14,11-15)12-5-3-4-6-12/h12H,2-11H2,1H3. The molecular weight excluding hydrogens is 243 g/mol. The summed E-state index contributed by atoms with van der Waals surface area (Å²) in [6, 6.07) is 0. The molecule has 0 bridgehead atoms. The van der Waals surface area contributed by atoms with E-state index in [-0.39, 0.29) is 5.41 Å². The van der Waals surface area contributed by atoms with Gasteiger partial charge in [0.25, 0.3) is 0 Å². The van der Waals surface area contributed by atoms with Crippen molar-refractivity contribution in [2.24, 2.45) is 11.3 Å². The third-order valence-corrected chi connectivity index (χ3v) is 4.91. The molecule has 0 N–H and O–H groups in total. The molecule has 0 atom stereocenters. The van der Waals surface area contributed by atoms with Crippen molar-refractivity contribution in [1.29, 1.82) is 0 Å². The maximum absolute atomic E-state index is 6.18. The first kappa shape index (κ1) is 14.6. The van der Waals surface area contributed by atoms with Crippen LogP contribution in [-0.2, 0) is 4.74 Å². The highest BCUT2D eigenvalue weighted by atomic mass is 35.5. The molecule has 0 unspecified atom stereocenters. The molecule has 0 heterocycles. The summed E-state index contributed by atoms with van der Waals surface area (Å²) in [5.41, 5.74) is 0.118. The van der Waals surface area contributed by atoms with Crippen LogP contribution in [0.15, 0.2) is 0 Å². The molecule has 96 valence electrons. The molecule has 1 rings (SSSR count). The Labute approximate surface area is 110 Å². The van der Waals surface area contributed by atoms with Gasteiger partial charge in [-0.1, -0.05) is 19.8 Å². The highest BCUT2D eigenvalue weighted by Gasteiger charge is 2.38. The van der Waals surface area contributed by atoms with Crippen LogP contribution in [-0.4, -0.2) is 25.0 Å². The zero-order chi connectivity index (χ0) is 11.9. The predicted molar refractivity (Wildman–Crippen MR) is 71.6 cm³/mol. The summed E-state index contributed by atoms with van der Waals surface area (Å²) in [6.07, 6.45) is 7.38. The van der Waals surface area contributed by atoms with Gasteiger partial charge in [0.2, 0.25) is 0 Å². The Morgan fingerprint density at radius 1 is 1.12 bits per heavy atom. The average Bonchev–Trinajstić information content (AvgIpc) is 2.84. The van der Waals surface area contributed by atoms with Gasteiger partial charge in [0.1, 0.15) is 0 Å². The van der Waals surface area contributed by atoms with Gasteiger partial charge in [-0.05, 0) is 31.6 Å². The lowest BCUT2D eigenvalue weighted by atomic mass is 9.75. The van der Waals surface area contributed by atoms with Crippen LogP contribution in [0.3, 0.4) is 0 Å². The van der Waals surface area contributed by atoms with Gasteiger partial charge in [-0.15, -0.1) is 23.2 Å². The Morgan fingerprint density at radius 3 is 2.25 bits per heavy atom. The van der Waals surface area contributed by atoms with Gasteiger partial charge in [0.15, 0.2) is 0 Å². The van der Waals surface area contributed by atoms with E-state index in [1.807, 2.05) is 0 Å². The van der Waals surface area contributed by atoms with Crippen LogP contribution in [0.25, 0.3) is 0 Å². The van der Waals surface area contributed by atoms with Gasteiger partial charge in [0, 0.05) is 30.4 Å². The van der Waals surface area contributed by atoms with Crippen molar-refractivity contribution in [2.45, 2.75) is 45.4 Å². The van der Waals surface area contributed by atoms with Crippen molar-refractivity contribution in [2.75, 3.05) is 25.0 Å². The van der Waals surface area contributed by atoms with Crippen LogP contribution in [0.5, 0.6) is 0 Å². The van der Waals surface area contributed by atoms with Crippen LogP contribution in [0, 0.1) is 11.3 Å². The molecular formula is C13H24Cl2O. The molecule has 1 nitrogen and oxygen atoms in total. The number of rotatable bonds is 8. The topological polar surface area (TPSA) is 9.23 Å². The summed E-state index contributed by atoms with van der Waals surface area (Å²) in [6.45, 7) is 3.79. The second-order valence-electron chi connectivity index (χ2n) is 4.97. The van der Waals surface area contributed by atoms with Crippen LogP contribution >= 0.6 is 23.2 Å². The van der Waals surface area contributed by atoms with Crippen LogP contribution in [0.1, 0.15) is 45.4 Å². The number of halogens is 2. The van der Waals surface area contributed by atoms with E-state index in [4.69, 9.17) is 27.9 Å². The van der Waals surface area contributed by atoms with E-state index in [1.165, 1.54) is 25.7 Å². The Kier molecular flexibility index (Phi) is 7.11. The highest BCUT2D eigenvalue weighted by molar-refractivity contribution is 6.21. The maximum atomic E-state index is 6.18. The summed E-state index contributed by atoms with van der Waals surface area (Å²) in [5, 5.41) is 0. The number of alkyl halides is 2. The van der Waals surface area contributed by atoms with E-state index >= 15 is 0 Å². The van der Waals surface area contributed by atoms with Crippen molar-refractivity contribution < 1.29 is 4.74 Å². The molecule has 0 aromatic heterocycles. The van der Waals surface area contributed by atoms with Crippen molar-refractivity contribution in [3.63, 3.8) is 0 Å². The van der Waals surface area contributed by atoms with E-state index < -0.39 is 0 Å². The molecule has 3 heteroatoms. The zero-order valence-corrected chi connectivity index (χ0v) is 11.8. The molecule has 0 saturated heterocycles. The lowest BCUT2D eigenvalue weighted by molar-refractivity contribution is 0.0852. The van der Waals surface area contributed by atoms with E-state index in [0.717, 1.165) is 26.1 Å². The lowest BCUT2D eigenvalue weighted by Gasteiger charge is -2.35. The van der Waals surface area contributed by atoms with Crippen molar-refractivity contribution in [3.8, 4) is 0 Å². The average molecular weight is 267 g/mol. The molecule has 0 aromatic rings. The molecule has 1 aliphatic carbocycles. The van der Waals surface area contributed by atoms with Gasteiger partial charge < -0.3 is 4.74 Å². The fourth-order valence-electron chi connectivity index (χ4n) is 2.65. The summed E-state index contributed by atoms with van der Waals surface area (Å²) < 4.78 is 5.58. The minimum atomic E-state index is 0.118. The SMILES string of the molecule is CCCOCCC(CCl)(CCl)C1CCCC1. The molecule has 0 aliphatic heterocycles. The van der Waals surface area contributed by atoms with Gasteiger partial charge in [-0.3, -0.25) is 0 Å². The molecule has 0 spiro atoms. The minimum absolute atomic E-state index is 0.118. The van der Waals surface area contributed by atoms with Gasteiger partial charge in [-0.2, -0.15) is 0 Å². The third-order valence-electron chi connectivity index (χ3n) is 3.85. The number of ether oxygens (including phenoxy) is 1. The molecule has 16 heavy (non-hydrogen) atoms. The Balaban J connectivity index is 2.43. The summed E-state index contributed by atoms with van der Waals surface area (Å²) in [4.78, 5) is 0. The highest BCUT2D eigenvalue weighted by Crippen LogP contribution is 2.44. The largest absolute Gasteiger partial charge is 0.381 e. The second-order valence-corrected chi connectivity index (χ2v) is 5.51. The van der Waals surface area contributed by atoms with Gasteiger partial charge in [0.05, 0.1) is 0 Å². The number of hydrogen-bond donors (Lipinski definition) is 0. The number of hydrogen-bond acceptors (Lipinski definition) is 1. The van der Waals surface area contributed by atoms with Crippen molar-refractivity contribution >= 4 is 23.2 Å². The predicted octanol–water partition coefficient (Wildman–Crippen LogP) is 4.46. The fraction of sp³-hybridized carbons (Fsp3) is 1.00. The summed E-state index contributed by atoms with van der Waals surface area (Å²) in [7, 11) is 0. The smallest absolute Gasteiger partial charge is 0.0472 e. The zero-order valence-electron chi connectivity index (χ0n) is 10.3. The summed E-state index contributed by atoms with van der Waals surface area (Å²) >= 11 is 12.4. The van der Waals surface area contributed by atoms with Crippen molar-refractivity contribution in [1.82, 2.24) is 0 Å². The third kappa shape index (κ3) is 3.78. The lowest BCUT2D eigenvalue weighted by Crippen LogP contribution is -2.34. The molecule has 0 aromatic carbocycles. The van der Waals surface area contributed by atoms with Gasteiger partial charge >= 0.3 is 0 Å². The van der Waals surface area contributed by atoms with Crippen molar-refractivity contribution in [3.05, 3.63) is 0 Å². The molecule has 1 aliphatic rings. The van der Waals surface area contributed by atoms with E-state index in [2.05, 4.69) is 6.92 Å². The second kappa shape index (κ2) is 7.79. The normalized spacial score (nSPS) is 18.2. The van der Waals surface area contributed by atoms with Crippen LogP contribution in [0.2, 0.25) is 0 Å². The fourth-order valence-corrected chi connectivity index (χ4v) is 3.64. The Bertz CT molecular complexity index is 175. The van der Waals surface area contributed by atoms with E-state index in [9.17, 15) is 0 Å². The first-order chi connectivity index (χ1) is 7.79. The molecule has 0 amide bonds. The molecule has 0 radical (unpaired) electrons. The quantitative estimate of drug-likeness (QED) is 0.466. The van der Waals surface area contributed by atoms with E-state index in [0.29, 0.717) is 17.7 Å². The molecule has 1 saturated carbocycles. The summed E-state index contributed by atoms with van der Waals surface area (Å²) in [5.74, 6) is 2.07. The Morgan fingerprint density at radius 2 is 1.75 bits per heavy atom.